The number of fused-ring (bicyclic) bond motifs is 2. The number of rotatable bonds is 8. The van der Waals surface area contributed by atoms with E-state index in [1.807, 2.05) is 66.7 Å². The van der Waals surface area contributed by atoms with Crippen molar-refractivity contribution in [1.29, 1.82) is 0 Å². The Morgan fingerprint density at radius 1 is 1.02 bits per heavy atom. The van der Waals surface area contributed by atoms with Gasteiger partial charge in [0.15, 0.2) is 5.60 Å². The van der Waals surface area contributed by atoms with E-state index in [1.54, 1.807) is 39.8 Å². The molecule has 0 saturated carbocycles. The van der Waals surface area contributed by atoms with Gasteiger partial charge in [-0.15, -0.1) is 0 Å². The van der Waals surface area contributed by atoms with Gasteiger partial charge in [0.05, 0.1) is 24.9 Å². The van der Waals surface area contributed by atoms with Crippen LogP contribution in [0.15, 0.2) is 84.9 Å². The Balaban J connectivity index is 1.26. The summed E-state index contributed by atoms with van der Waals surface area (Å²) in [7, 11) is 0. The smallest absolute Gasteiger partial charge is 0.264 e. The van der Waals surface area contributed by atoms with Crippen LogP contribution in [0.25, 0.3) is 0 Å². The van der Waals surface area contributed by atoms with Gasteiger partial charge in [0.25, 0.3) is 5.91 Å². The van der Waals surface area contributed by atoms with Crippen molar-refractivity contribution in [2.75, 3.05) is 23.0 Å². The van der Waals surface area contributed by atoms with E-state index in [0.29, 0.717) is 49.4 Å². The molecule has 228 valence electrons. The average Bonchev–Trinajstić information content (AvgIpc) is 3.26. The highest BCUT2D eigenvalue weighted by Crippen LogP contribution is 2.47. The van der Waals surface area contributed by atoms with Crippen molar-refractivity contribution in [1.82, 2.24) is 4.90 Å². The molecular weight excluding hydrogens is 554 g/mol. The number of hydrogen-bond acceptors (Lipinski definition) is 5. The molecule has 3 aromatic rings. The number of carbonyl (C=O) groups excluding carboxylic acids is 3. The first-order valence-corrected chi connectivity index (χ1v) is 15.5. The molecule has 0 aliphatic carbocycles. The Morgan fingerprint density at radius 3 is 2.52 bits per heavy atom. The molecular formula is C36H39N3O5. The topological polar surface area (TPSA) is 101 Å². The molecule has 6 rings (SSSR count). The minimum atomic E-state index is -1.88. The number of anilines is 2. The minimum absolute atomic E-state index is 0.0400. The molecule has 8 nitrogen and oxygen atoms in total. The molecule has 44 heavy (non-hydrogen) atoms. The van der Waals surface area contributed by atoms with Crippen molar-refractivity contribution in [2.45, 2.75) is 63.8 Å². The number of carbonyl (C=O) groups is 3. The van der Waals surface area contributed by atoms with Crippen LogP contribution in [-0.2, 0) is 39.5 Å². The molecule has 0 bridgehead atoms. The van der Waals surface area contributed by atoms with E-state index in [2.05, 4.69) is 0 Å². The van der Waals surface area contributed by atoms with Crippen LogP contribution in [-0.4, -0.2) is 52.0 Å². The van der Waals surface area contributed by atoms with Gasteiger partial charge in [-0.2, -0.15) is 0 Å². The van der Waals surface area contributed by atoms with Crippen LogP contribution in [0, 0.1) is 5.92 Å². The molecule has 3 heterocycles. The summed E-state index contributed by atoms with van der Waals surface area (Å²) in [6.45, 7) is 2.99. The number of piperidine rings is 1. The van der Waals surface area contributed by atoms with Crippen LogP contribution in [0.3, 0.4) is 0 Å². The molecule has 3 aliphatic rings. The van der Waals surface area contributed by atoms with Gasteiger partial charge in [-0.3, -0.25) is 14.4 Å². The van der Waals surface area contributed by atoms with Crippen LogP contribution >= 0.6 is 0 Å². The van der Waals surface area contributed by atoms with Gasteiger partial charge in [0.2, 0.25) is 11.8 Å². The molecule has 3 aliphatic heterocycles. The standard InChI is InChI=1S/C36H39N3O5/c1-25(10-9-16-34(42)38-23-28-14-6-5-13-27(28)20-30(38)24-40)36(44)31-21-29(37-19-8-7-15-33(37)41)17-18-32(31)39(35(36)43)22-26-11-3-2-4-12-26/h2-6,9-14,17-18,21,25,30,40,44H,7-8,15-16,19-20,22-24H2,1H3/b10-9+/t25-,30+,36+/m1/s1. The fourth-order valence-corrected chi connectivity index (χ4v) is 6.78. The normalized spacial score (nSPS) is 22.3. The zero-order valence-electron chi connectivity index (χ0n) is 25.1. The number of nitrogens with zero attached hydrogens (tertiary/aromatic N) is 3. The van der Waals surface area contributed by atoms with E-state index in [4.69, 9.17) is 0 Å². The summed E-state index contributed by atoms with van der Waals surface area (Å²) >= 11 is 0. The third-order valence-corrected chi connectivity index (χ3v) is 9.33. The van der Waals surface area contributed by atoms with Crippen molar-refractivity contribution in [3.63, 3.8) is 0 Å². The van der Waals surface area contributed by atoms with Crippen LogP contribution in [0.4, 0.5) is 11.4 Å². The number of aliphatic hydroxyl groups is 2. The summed E-state index contributed by atoms with van der Waals surface area (Å²) in [5, 5.41) is 22.2. The van der Waals surface area contributed by atoms with Crippen molar-refractivity contribution in [3.8, 4) is 0 Å². The fraction of sp³-hybridized carbons (Fsp3) is 0.361. The van der Waals surface area contributed by atoms with E-state index in [0.717, 1.165) is 29.5 Å². The summed E-state index contributed by atoms with van der Waals surface area (Å²) in [5.74, 6) is -1.18. The predicted molar refractivity (Wildman–Crippen MR) is 169 cm³/mol. The second-order valence-electron chi connectivity index (χ2n) is 12.1. The van der Waals surface area contributed by atoms with Gasteiger partial charge in [-0.1, -0.05) is 73.7 Å². The number of benzene rings is 3. The summed E-state index contributed by atoms with van der Waals surface area (Å²) in [6.07, 6.45) is 6.36. The minimum Gasteiger partial charge on any atom is -0.394 e. The van der Waals surface area contributed by atoms with Crippen molar-refractivity contribution in [3.05, 3.63) is 107 Å². The maximum absolute atomic E-state index is 14.1. The highest BCUT2D eigenvalue weighted by molar-refractivity contribution is 6.08. The largest absolute Gasteiger partial charge is 0.394 e. The Kier molecular flexibility index (Phi) is 8.38. The van der Waals surface area contributed by atoms with Crippen LogP contribution in [0.5, 0.6) is 0 Å². The molecule has 0 spiro atoms. The number of aliphatic hydroxyl groups excluding tert-OH is 1. The van der Waals surface area contributed by atoms with Gasteiger partial charge < -0.3 is 24.9 Å². The maximum atomic E-state index is 14.1. The molecule has 1 fully saturated rings. The van der Waals surface area contributed by atoms with Crippen molar-refractivity contribution in [2.24, 2.45) is 5.92 Å². The maximum Gasteiger partial charge on any atom is 0.264 e. The van der Waals surface area contributed by atoms with Crippen molar-refractivity contribution >= 4 is 29.1 Å². The van der Waals surface area contributed by atoms with E-state index in [9.17, 15) is 24.6 Å². The zero-order chi connectivity index (χ0) is 30.8. The Bertz CT molecular complexity index is 1590. The van der Waals surface area contributed by atoms with Gasteiger partial charge in [0, 0.05) is 43.1 Å². The molecule has 2 N–H and O–H groups in total. The quantitative estimate of drug-likeness (QED) is 0.376. The van der Waals surface area contributed by atoms with Crippen molar-refractivity contribution < 1.29 is 24.6 Å². The molecule has 0 unspecified atom stereocenters. The van der Waals surface area contributed by atoms with E-state index in [1.165, 1.54) is 0 Å². The Morgan fingerprint density at radius 2 is 1.77 bits per heavy atom. The first-order chi connectivity index (χ1) is 21.3. The zero-order valence-corrected chi connectivity index (χ0v) is 25.1. The summed E-state index contributed by atoms with van der Waals surface area (Å²) < 4.78 is 0. The summed E-state index contributed by atoms with van der Waals surface area (Å²) in [6, 6.07) is 22.8. The predicted octanol–water partition coefficient (Wildman–Crippen LogP) is 4.47. The summed E-state index contributed by atoms with van der Waals surface area (Å²) in [5.41, 5.74) is 3.03. The highest BCUT2D eigenvalue weighted by atomic mass is 16.3. The molecule has 3 atom stereocenters. The second-order valence-corrected chi connectivity index (χ2v) is 12.1. The van der Waals surface area contributed by atoms with E-state index < -0.39 is 17.4 Å². The summed E-state index contributed by atoms with van der Waals surface area (Å²) in [4.78, 5) is 45.2. The molecule has 8 heteroatoms. The third-order valence-electron chi connectivity index (χ3n) is 9.33. The average molecular weight is 594 g/mol. The van der Waals surface area contributed by atoms with E-state index >= 15 is 0 Å². The first kappa shape index (κ1) is 29.8. The third kappa shape index (κ3) is 5.44. The lowest BCUT2D eigenvalue weighted by molar-refractivity contribution is -0.139. The van der Waals surface area contributed by atoms with Gasteiger partial charge in [-0.25, -0.2) is 0 Å². The molecule has 1 saturated heterocycles. The van der Waals surface area contributed by atoms with Gasteiger partial charge in [-0.05, 0) is 54.2 Å². The van der Waals surface area contributed by atoms with E-state index in [-0.39, 0.29) is 30.9 Å². The molecule has 3 aromatic carbocycles. The SMILES string of the molecule is C[C@H](/C=C/CC(=O)N1Cc2ccccc2C[C@H]1CO)[C@@]1(O)C(=O)N(Cc2ccccc2)c2ccc(N3CCCCC3=O)cc21. The number of amides is 3. The highest BCUT2D eigenvalue weighted by Gasteiger charge is 2.52. The fourth-order valence-electron chi connectivity index (χ4n) is 6.78. The lowest BCUT2D eigenvalue weighted by Crippen LogP contribution is -2.46. The van der Waals surface area contributed by atoms with Gasteiger partial charge in [0.1, 0.15) is 0 Å². The molecule has 0 aromatic heterocycles. The first-order valence-electron chi connectivity index (χ1n) is 15.5. The Hall–Kier alpha value is -4.27. The number of hydrogen-bond donors (Lipinski definition) is 2. The van der Waals surface area contributed by atoms with Crippen LogP contribution in [0.2, 0.25) is 0 Å². The van der Waals surface area contributed by atoms with Crippen LogP contribution in [0.1, 0.15) is 54.9 Å². The molecule has 3 amide bonds. The monoisotopic (exact) mass is 593 g/mol. The van der Waals surface area contributed by atoms with Gasteiger partial charge >= 0.3 is 0 Å². The Labute approximate surface area is 258 Å². The molecule has 0 radical (unpaired) electrons. The lowest BCUT2D eigenvalue weighted by Gasteiger charge is -2.36. The second kappa shape index (κ2) is 12.4. The van der Waals surface area contributed by atoms with Crippen LogP contribution < -0.4 is 9.80 Å². The lowest BCUT2D eigenvalue weighted by atomic mass is 9.82.